The first-order valence-electron chi connectivity index (χ1n) is 14.4. The maximum absolute atomic E-state index is 14.5. The highest BCUT2D eigenvalue weighted by Gasteiger charge is 2.34. The number of hydrogen-bond acceptors (Lipinski definition) is 4. The topological polar surface area (TPSA) is 86.8 Å². The molecule has 45 heavy (non-hydrogen) atoms. The van der Waals surface area contributed by atoms with Crippen molar-refractivity contribution >= 4 is 66.7 Å². The average molecular weight is 732 g/mol. The van der Waals surface area contributed by atoms with Crippen molar-refractivity contribution in [2.24, 2.45) is 0 Å². The normalized spacial score (nSPS) is 11.9. The van der Waals surface area contributed by atoms with E-state index in [4.69, 9.17) is 23.2 Å². The first kappa shape index (κ1) is 34.5. The molecule has 236 valence electrons. The third-order valence-electron chi connectivity index (χ3n) is 7.09. The van der Waals surface area contributed by atoms with Gasteiger partial charge in [-0.25, -0.2) is 8.42 Å². The molecule has 4 rings (SSSR count). The molecule has 0 heterocycles. The van der Waals surface area contributed by atoms with E-state index in [1.807, 2.05) is 68.4 Å². The summed E-state index contributed by atoms with van der Waals surface area (Å²) in [4.78, 5) is 29.7. The lowest BCUT2D eigenvalue weighted by molar-refractivity contribution is -0.140. The summed E-state index contributed by atoms with van der Waals surface area (Å²) in [5, 5.41) is 3.36. The number of nitrogens with zero attached hydrogens (tertiary/aromatic N) is 2. The van der Waals surface area contributed by atoms with Crippen molar-refractivity contribution in [3.8, 4) is 0 Å². The summed E-state index contributed by atoms with van der Waals surface area (Å²) in [5.41, 5.74) is 2.62. The van der Waals surface area contributed by atoms with Crippen LogP contribution in [0, 0.1) is 6.92 Å². The van der Waals surface area contributed by atoms with Crippen molar-refractivity contribution in [3.63, 3.8) is 0 Å². The molecule has 4 aromatic rings. The Bertz CT molecular complexity index is 1720. The summed E-state index contributed by atoms with van der Waals surface area (Å²) < 4.78 is 30.1. The van der Waals surface area contributed by atoms with E-state index in [9.17, 15) is 18.0 Å². The quantitative estimate of drug-likeness (QED) is 0.155. The number of sulfonamides is 1. The Kier molecular flexibility index (Phi) is 12.1. The largest absolute Gasteiger partial charge is 0.354 e. The number of halogens is 3. The monoisotopic (exact) mass is 729 g/mol. The number of hydrogen-bond donors (Lipinski definition) is 1. The number of benzene rings is 4. The van der Waals surface area contributed by atoms with Gasteiger partial charge in [-0.15, -0.1) is 0 Å². The molecule has 0 aliphatic carbocycles. The Morgan fingerprint density at radius 1 is 0.867 bits per heavy atom. The van der Waals surface area contributed by atoms with Crippen LogP contribution in [-0.2, 0) is 32.6 Å². The van der Waals surface area contributed by atoms with Gasteiger partial charge in [0.25, 0.3) is 10.0 Å². The fraction of sp³-hybridized carbons (Fsp3) is 0.235. The Labute approximate surface area is 283 Å². The fourth-order valence-electron chi connectivity index (χ4n) is 4.80. The molecule has 0 bridgehead atoms. The van der Waals surface area contributed by atoms with Gasteiger partial charge in [0.05, 0.1) is 10.6 Å². The molecular formula is C34H34BrCl2N3O4S. The lowest BCUT2D eigenvalue weighted by atomic mass is 10.0. The van der Waals surface area contributed by atoms with Gasteiger partial charge < -0.3 is 10.2 Å². The molecule has 0 aliphatic heterocycles. The van der Waals surface area contributed by atoms with Gasteiger partial charge >= 0.3 is 0 Å². The highest BCUT2D eigenvalue weighted by molar-refractivity contribution is 9.10. The summed E-state index contributed by atoms with van der Waals surface area (Å²) in [6.45, 7) is 3.68. The summed E-state index contributed by atoms with van der Waals surface area (Å²) >= 11 is 16.1. The van der Waals surface area contributed by atoms with Gasteiger partial charge in [0, 0.05) is 34.0 Å². The van der Waals surface area contributed by atoms with E-state index >= 15 is 0 Å². The molecule has 1 atom stereocenters. The molecule has 0 fully saturated rings. The highest BCUT2D eigenvalue weighted by Crippen LogP contribution is 2.30. The summed E-state index contributed by atoms with van der Waals surface area (Å²) in [7, 11) is -4.27. The second-order valence-electron chi connectivity index (χ2n) is 10.6. The maximum atomic E-state index is 14.5. The lowest BCUT2D eigenvalue weighted by Crippen LogP contribution is -2.53. The second-order valence-corrected chi connectivity index (χ2v) is 14.3. The number of anilines is 1. The Morgan fingerprint density at radius 2 is 1.51 bits per heavy atom. The van der Waals surface area contributed by atoms with Crippen LogP contribution >= 0.6 is 39.1 Å². The molecule has 0 aliphatic rings. The van der Waals surface area contributed by atoms with E-state index in [1.54, 1.807) is 12.1 Å². The minimum atomic E-state index is -4.27. The zero-order valence-corrected chi connectivity index (χ0v) is 28.8. The first-order valence-corrected chi connectivity index (χ1v) is 17.4. The number of nitrogens with one attached hydrogen (secondary N) is 1. The summed E-state index contributed by atoms with van der Waals surface area (Å²) in [5.74, 6) is -0.905. The Hall–Kier alpha value is -3.37. The minimum Gasteiger partial charge on any atom is -0.354 e. The Morgan fingerprint density at radius 3 is 2.13 bits per heavy atom. The van der Waals surface area contributed by atoms with Gasteiger partial charge in [0.15, 0.2) is 0 Å². The van der Waals surface area contributed by atoms with Crippen LogP contribution in [-0.4, -0.2) is 44.3 Å². The van der Waals surface area contributed by atoms with Crippen molar-refractivity contribution in [1.82, 2.24) is 10.2 Å². The van der Waals surface area contributed by atoms with Crippen LogP contribution in [0.5, 0.6) is 0 Å². The number of amides is 2. The molecule has 0 saturated heterocycles. The van der Waals surface area contributed by atoms with Crippen molar-refractivity contribution in [3.05, 3.63) is 128 Å². The van der Waals surface area contributed by atoms with Gasteiger partial charge in [-0.3, -0.25) is 13.9 Å². The molecule has 0 unspecified atom stereocenters. The van der Waals surface area contributed by atoms with Crippen molar-refractivity contribution in [2.75, 3.05) is 17.4 Å². The molecule has 4 aromatic carbocycles. The van der Waals surface area contributed by atoms with Crippen molar-refractivity contribution in [2.45, 2.75) is 44.2 Å². The van der Waals surface area contributed by atoms with Crippen LogP contribution in [0.15, 0.2) is 106 Å². The van der Waals surface area contributed by atoms with Crippen LogP contribution in [0.3, 0.4) is 0 Å². The van der Waals surface area contributed by atoms with Crippen LogP contribution in [0.4, 0.5) is 5.69 Å². The predicted molar refractivity (Wildman–Crippen MR) is 184 cm³/mol. The molecular weight excluding hydrogens is 697 g/mol. The third-order valence-corrected chi connectivity index (χ3v) is 9.80. The fourth-order valence-corrected chi connectivity index (χ4v) is 7.16. The molecule has 1 N–H and O–H groups in total. The number of rotatable bonds is 13. The van der Waals surface area contributed by atoms with Gasteiger partial charge in [-0.1, -0.05) is 106 Å². The smallest absolute Gasteiger partial charge is 0.264 e. The van der Waals surface area contributed by atoms with Crippen molar-refractivity contribution in [1.29, 1.82) is 0 Å². The van der Waals surface area contributed by atoms with E-state index in [2.05, 4.69) is 21.2 Å². The zero-order valence-electron chi connectivity index (χ0n) is 24.9. The van der Waals surface area contributed by atoms with Gasteiger partial charge in [-0.05, 0) is 66.9 Å². The Balaban J connectivity index is 1.82. The minimum absolute atomic E-state index is 0.00272. The number of carbonyl (C=O) groups is 2. The van der Waals surface area contributed by atoms with Crippen molar-refractivity contribution < 1.29 is 18.0 Å². The molecule has 2 amide bonds. The maximum Gasteiger partial charge on any atom is 0.264 e. The van der Waals surface area contributed by atoms with Gasteiger partial charge in [0.2, 0.25) is 11.8 Å². The SMILES string of the molecule is CCCNC(=O)[C@H](Cc1ccccc1)N(Cc1cccc(Br)c1)C(=O)CN(c1cc(Cl)cc(Cl)c1)S(=O)(=O)c1ccc(C)cc1. The van der Waals surface area contributed by atoms with E-state index in [0.29, 0.717) is 13.0 Å². The van der Waals surface area contributed by atoms with Crippen LogP contribution in [0.25, 0.3) is 0 Å². The third kappa shape index (κ3) is 9.33. The average Bonchev–Trinajstić information content (AvgIpc) is 3.00. The zero-order chi connectivity index (χ0) is 32.6. The second kappa shape index (κ2) is 15.8. The number of aryl methyl sites for hydroxylation is 1. The molecule has 0 saturated carbocycles. The van der Waals surface area contributed by atoms with E-state index in [0.717, 1.165) is 25.5 Å². The van der Waals surface area contributed by atoms with Crippen LogP contribution < -0.4 is 9.62 Å². The molecule has 0 aromatic heterocycles. The standard InChI is InChI=1S/C34H34BrCl2N3O4S/c1-3-16-38-34(42)32(18-25-8-5-4-6-9-25)39(22-26-10-7-11-27(35)17-26)33(41)23-40(30-20-28(36)19-29(37)21-30)45(43,44)31-14-12-24(2)13-15-31/h4-15,17,19-21,32H,3,16,18,22-23H2,1-2H3,(H,38,42)/t32-/m0/s1. The molecule has 0 spiro atoms. The van der Waals surface area contributed by atoms with Gasteiger partial charge in [0.1, 0.15) is 12.6 Å². The first-order chi connectivity index (χ1) is 21.5. The van der Waals surface area contributed by atoms with E-state index in [1.165, 1.54) is 35.2 Å². The summed E-state index contributed by atoms with van der Waals surface area (Å²) in [6.07, 6.45) is 0.936. The van der Waals surface area contributed by atoms with E-state index in [-0.39, 0.29) is 39.5 Å². The number of carbonyl (C=O) groups excluding carboxylic acids is 2. The molecule has 11 heteroatoms. The lowest BCUT2D eigenvalue weighted by Gasteiger charge is -2.34. The molecule has 0 radical (unpaired) electrons. The van der Waals surface area contributed by atoms with Gasteiger partial charge in [-0.2, -0.15) is 0 Å². The molecule has 7 nitrogen and oxygen atoms in total. The van der Waals surface area contributed by atoms with Crippen LogP contribution in [0.1, 0.15) is 30.0 Å². The van der Waals surface area contributed by atoms with E-state index < -0.39 is 28.5 Å². The predicted octanol–water partition coefficient (Wildman–Crippen LogP) is 7.43. The van der Waals surface area contributed by atoms with Crippen LogP contribution in [0.2, 0.25) is 10.0 Å². The summed E-state index contributed by atoms with van der Waals surface area (Å²) in [6, 6.07) is 26.6. The highest BCUT2D eigenvalue weighted by atomic mass is 79.9.